The molecule has 0 fully saturated rings. The quantitative estimate of drug-likeness (QED) is 0.473. The molecule has 150 valence electrons. The highest BCUT2D eigenvalue weighted by atomic mass is 32.2. The summed E-state index contributed by atoms with van der Waals surface area (Å²) >= 11 is 0. The number of rotatable bonds is 4. The van der Waals surface area contributed by atoms with Crippen molar-refractivity contribution < 1.29 is 12.8 Å². The largest absolute Gasteiger partial charge is 0.456 e. The lowest BCUT2D eigenvalue weighted by Crippen LogP contribution is -2.14. The molecule has 8 nitrogen and oxygen atoms in total. The number of nitrogens with one attached hydrogen (secondary N) is 1. The first-order chi connectivity index (χ1) is 14.4. The second kappa shape index (κ2) is 6.67. The number of nitrogens with zero attached hydrogens (tertiary/aromatic N) is 4. The number of sulfonamides is 1. The van der Waals surface area contributed by atoms with Crippen molar-refractivity contribution in [2.45, 2.75) is 18.7 Å². The lowest BCUT2D eigenvalue weighted by atomic mass is 10.1. The van der Waals surface area contributed by atoms with E-state index in [1.54, 1.807) is 18.2 Å². The first-order valence-corrected chi connectivity index (χ1v) is 10.7. The van der Waals surface area contributed by atoms with Crippen LogP contribution in [0.5, 0.6) is 0 Å². The van der Waals surface area contributed by atoms with Crippen molar-refractivity contribution in [1.29, 1.82) is 0 Å². The maximum Gasteiger partial charge on any atom is 0.261 e. The van der Waals surface area contributed by atoms with Gasteiger partial charge in [0.2, 0.25) is 0 Å². The van der Waals surface area contributed by atoms with Crippen LogP contribution in [0.15, 0.2) is 70.2 Å². The summed E-state index contributed by atoms with van der Waals surface area (Å²) in [7, 11) is -3.76. The van der Waals surface area contributed by atoms with E-state index in [1.807, 2.05) is 50.2 Å². The molecule has 30 heavy (non-hydrogen) atoms. The van der Waals surface area contributed by atoms with Crippen LogP contribution in [-0.2, 0) is 10.0 Å². The van der Waals surface area contributed by atoms with Crippen molar-refractivity contribution in [3.8, 4) is 5.69 Å². The molecule has 5 aromatic rings. The zero-order chi connectivity index (χ0) is 20.9. The van der Waals surface area contributed by atoms with E-state index in [1.165, 1.54) is 11.0 Å². The molecule has 1 N–H and O–H groups in total. The molecular formula is C21H17N5O3S. The molecule has 9 heteroatoms. The molecule has 0 spiro atoms. The van der Waals surface area contributed by atoms with Gasteiger partial charge in [-0.1, -0.05) is 18.2 Å². The monoisotopic (exact) mass is 419 g/mol. The van der Waals surface area contributed by atoms with Crippen LogP contribution in [0.3, 0.4) is 0 Å². The van der Waals surface area contributed by atoms with Gasteiger partial charge in [-0.05, 0) is 65.7 Å². The van der Waals surface area contributed by atoms with Crippen molar-refractivity contribution in [3.63, 3.8) is 0 Å². The molecule has 0 radical (unpaired) electrons. The SMILES string of the molecule is Cc1cccc(C)c1NS(=O)(=O)c1ccc2oc3cc(-n4cnnn4)ccc3c2c1. The lowest BCUT2D eigenvalue weighted by molar-refractivity contribution is 0.601. The van der Waals surface area contributed by atoms with Crippen LogP contribution in [0.2, 0.25) is 0 Å². The predicted octanol–water partition coefficient (Wildman–Crippen LogP) is 3.98. The summed E-state index contributed by atoms with van der Waals surface area (Å²) in [6.45, 7) is 3.75. The van der Waals surface area contributed by atoms with E-state index in [2.05, 4.69) is 20.2 Å². The third kappa shape index (κ3) is 3.00. The molecule has 5 rings (SSSR count). The number of anilines is 1. The van der Waals surface area contributed by atoms with Crippen LogP contribution in [0.25, 0.3) is 27.6 Å². The van der Waals surface area contributed by atoms with E-state index in [-0.39, 0.29) is 4.90 Å². The number of tetrazole rings is 1. The summed E-state index contributed by atoms with van der Waals surface area (Å²) < 4.78 is 36.3. The van der Waals surface area contributed by atoms with E-state index < -0.39 is 10.0 Å². The molecule has 0 aliphatic rings. The molecule has 0 amide bonds. The Morgan fingerprint density at radius 2 is 1.73 bits per heavy atom. The summed E-state index contributed by atoms with van der Waals surface area (Å²) in [6.07, 6.45) is 1.49. The van der Waals surface area contributed by atoms with Crippen LogP contribution < -0.4 is 4.72 Å². The molecule has 0 aliphatic carbocycles. The Balaban J connectivity index is 1.59. The van der Waals surface area contributed by atoms with Crippen LogP contribution in [-0.4, -0.2) is 28.6 Å². The average Bonchev–Trinajstić information content (AvgIpc) is 3.37. The smallest absolute Gasteiger partial charge is 0.261 e. The number of aryl methyl sites for hydroxylation is 2. The van der Waals surface area contributed by atoms with E-state index in [0.717, 1.165) is 27.6 Å². The van der Waals surface area contributed by atoms with Gasteiger partial charge in [0, 0.05) is 16.8 Å². The number of hydrogen-bond donors (Lipinski definition) is 1. The average molecular weight is 419 g/mol. The zero-order valence-electron chi connectivity index (χ0n) is 16.2. The maximum absolute atomic E-state index is 13.0. The Morgan fingerprint density at radius 1 is 0.933 bits per heavy atom. The number of fused-ring (bicyclic) bond motifs is 3. The van der Waals surface area contributed by atoms with E-state index >= 15 is 0 Å². The second-order valence-corrected chi connectivity index (χ2v) is 8.75. The molecule has 2 aromatic heterocycles. The molecular weight excluding hydrogens is 402 g/mol. The van der Waals surface area contributed by atoms with E-state index in [9.17, 15) is 8.42 Å². The van der Waals surface area contributed by atoms with Crippen molar-refractivity contribution in [1.82, 2.24) is 20.2 Å². The standard InChI is InChI=1S/C21H17N5O3S/c1-13-4-3-5-14(2)21(13)23-30(27,28)16-7-9-19-18(11-16)17-8-6-15(10-20(17)29-19)26-12-22-24-25-26/h3-12,23H,1-2H3. The minimum absolute atomic E-state index is 0.171. The molecule has 0 bridgehead atoms. The van der Waals surface area contributed by atoms with Gasteiger partial charge in [-0.2, -0.15) is 0 Å². The number of aromatic nitrogens is 4. The first kappa shape index (κ1) is 18.3. The van der Waals surface area contributed by atoms with Crippen molar-refractivity contribution in [3.05, 3.63) is 72.1 Å². The number of para-hydroxylation sites is 1. The van der Waals surface area contributed by atoms with Gasteiger partial charge in [-0.3, -0.25) is 4.72 Å². The Kier molecular flexibility index (Phi) is 4.07. The van der Waals surface area contributed by atoms with Crippen LogP contribution in [0, 0.1) is 13.8 Å². The Hall–Kier alpha value is -3.72. The summed E-state index contributed by atoms with van der Waals surface area (Å²) in [6, 6.07) is 16.0. The van der Waals surface area contributed by atoms with E-state index in [4.69, 9.17) is 4.42 Å². The second-order valence-electron chi connectivity index (χ2n) is 7.07. The molecule has 2 heterocycles. The number of hydrogen-bond acceptors (Lipinski definition) is 6. The number of benzene rings is 3. The van der Waals surface area contributed by atoms with E-state index in [0.29, 0.717) is 16.9 Å². The fourth-order valence-electron chi connectivity index (χ4n) is 3.50. The minimum Gasteiger partial charge on any atom is -0.456 e. The normalized spacial score (nSPS) is 11.9. The summed E-state index contributed by atoms with van der Waals surface area (Å²) in [5.41, 5.74) is 4.30. The molecule has 0 saturated heterocycles. The minimum atomic E-state index is -3.76. The highest BCUT2D eigenvalue weighted by Crippen LogP contribution is 2.32. The van der Waals surface area contributed by atoms with Crippen molar-refractivity contribution >= 4 is 37.6 Å². The maximum atomic E-state index is 13.0. The third-order valence-electron chi connectivity index (χ3n) is 5.07. The van der Waals surface area contributed by atoms with Crippen molar-refractivity contribution in [2.24, 2.45) is 0 Å². The van der Waals surface area contributed by atoms with Gasteiger partial charge in [-0.25, -0.2) is 13.1 Å². The highest BCUT2D eigenvalue weighted by Gasteiger charge is 2.19. The predicted molar refractivity (Wildman–Crippen MR) is 113 cm³/mol. The summed E-state index contributed by atoms with van der Waals surface area (Å²) in [5, 5.41) is 12.7. The van der Waals surface area contributed by atoms with Crippen LogP contribution in [0.4, 0.5) is 5.69 Å². The Labute approximate surface area is 172 Å². The third-order valence-corrected chi connectivity index (χ3v) is 6.42. The summed E-state index contributed by atoms with van der Waals surface area (Å²) in [4.78, 5) is 0.171. The zero-order valence-corrected chi connectivity index (χ0v) is 17.0. The van der Waals surface area contributed by atoms with Gasteiger partial charge in [0.25, 0.3) is 10.0 Å². The molecule has 0 unspecified atom stereocenters. The molecule has 0 atom stereocenters. The Bertz CT molecular complexity index is 1480. The molecule has 0 saturated carbocycles. The molecule has 0 aliphatic heterocycles. The first-order valence-electron chi connectivity index (χ1n) is 9.21. The topological polar surface area (TPSA) is 103 Å². The van der Waals surface area contributed by atoms with Gasteiger partial charge in [0.1, 0.15) is 17.5 Å². The Morgan fingerprint density at radius 3 is 2.47 bits per heavy atom. The molecule has 3 aromatic carbocycles. The van der Waals surface area contributed by atoms with Gasteiger partial charge in [0.15, 0.2) is 0 Å². The van der Waals surface area contributed by atoms with Crippen molar-refractivity contribution in [2.75, 3.05) is 4.72 Å². The van der Waals surface area contributed by atoms with Gasteiger partial charge >= 0.3 is 0 Å². The fraction of sp³-hybridized carbons (Fsp3) is 0.0952. The van der Waals surface area contributed by atoms with Crippen LogP contribution >= 0.6 is 0 Å². The summed E-state index contributed by atoms with van der Waals surface area (Å²) in [5.74, 6) is 0. The van der Waals surface area contributed by atoms with Gasteiger partial charge in [-0.15, -0.1) is 5.10 Å². The fourth-order valence-corrected chi connectivity index (χ4v) is 4.73. The lowest BCUT2D eigenvalue weighted by Gasteiger charge is -2.13. The number of furan rings is 1. The van der Waals surface area contributed by atoms with Crippen LogP contribution in [0.1, 0.15) is 11.1 Å². The van der Waals surface area contributed by atoms with Gasteiger partial charge < -0.3 is 4.42 Å². The highest BCUT2D eigenvalue weighted by molar-refractivity contribution is 7.92. The van der Waals surface area contributed by atoms with Gasteiger partial charge in [0.05, 0.1) is 16.3 Å².